The molecule has 22 heavy (non-hydrogen) atoms. The Morgan fingerprint density at radius 2 is 2.23 bits per heavy atom. The van der Waals surface area contributed by atoms with Crippen LogP contribution in [0.1, 0.15) is 25.3 Å². The Morgan fingerprint density at radius 3 is 3.05 bits per heavy atom. The number of H-pyrrole nitrogens is 1. The van der Waals surface area contributed by atoms with Gasteiger partial charge in [0.15, 0.2) is 0 Å². The van der Waals surface area contributed by atoms with E-state index < -0.39 is 0 Å². The fourth-order valence-electron chi connectivity index (χ4n) is 4.29. The van der Waals surface area contributed by atoms with Gasteiger partial charge < -0.3 is 4.98 Å². The van der Waals surface area contributed by atoms with Gasteiger partial charge in [-0.2, -0.15) is 0 Å². The van der Waals surface area contributed by atoms with Crippen LogP contribution in [-0.2, 0) is 6.42 Å². The molecule has 1 aliphatic carbocycles. The van der Waals surface area contributed by atoms with E-state index in [-0.39, 0.29) is 5.82 Å². The molecule has 1 N–H and O–H groups in total. The van der Waals surface area contributed by atoms with Gasteiger partial charge in [-0.15, -0.1) is 0 Å². The largest absolute Gasteiger partial charge is 0.361 e. The lowest BCUT2D eigenvalue weighted by Gasteiger charge is -2.46. The third kappa shape index (κ3) is 2.38. The van der Waals surface area contributed by atoms with E-state index in [0.717, 1.165) is 35.7 Å². The van der Waals surface area contributed by atoms with E-state index in [4.69, 9.17) is 0 Å². The van der Waals surface area contributed by atoms with Crippen molar-refractivity contribution in [3.63, 3.8) is 0 Å². The number of benzene rings is 1. The van der Waals surface area contributed by atoms with Crippen LogP contribution in [0.25, 0.3) is 10.9 Å². The van der Waals surface area contributed by atoms with Crippen molar-refractivity contribution >= 4 is 10.9 Å². The molecule has 2 aliphatic heterocycles. The summed E-state index contributed by atoms with van der Waals surface area (Å²) >= 11 is 0. The number of aromatic amines is 1. The quantitative estimate of drug-likeness (QED) is 0.841. The highest BCUT2D eigenvalue weighted by atomic mass is 19.1. The first kappa shape index (κ1) is 14.0. The fraction of sp³-hybridized carbons (Fsp3) is 0.474. The van der Waals surface area contributed by atoms with Gasteiger partial charge >= 0.3 is 0 Å². The number of rotatable bonds is 4. The highest BCUT2D eigenvalue weighted by Crippen LogP contribution is 2.36. The zero-order valence-corrected chi connectivity index (χ0v) is 13.1. The van der Waals surface area contributed by atoms with Crippen molar-refractivity contribution in [2.45, 2.75) is 32.2 Å². The molecule has 2 aromatic rings. The molecule has 1 saturated heterocycles. The number of halogens is 1. The molecule has 3 heteroatoms. The molecular weight excluding hydrogens is 275 g/mol. The maximum absolute atomic E-state index is 13.3. The Kier molecular flexibility index (Phi) is 3.53. The summed E-state index contributed by atoms with van der Waals surface area (Å²) in [5.74, 6) is 1.39. The van der Waals surface area contributed by atoms with Crippen molar-refractivity contribution in [2.24, 2.45) is 11.8 Å². The number of aromatic nitrogens is 1. The van der Waals surface area contributed by atoms with E-state index in [2.05, 4.69) is 29.0 Å². The first-order valence-corrected chi connectivity index (χ1v) is 8.42. The molecule has 5 rings (SSSR count). The molecule has 3 atom stereocenters. The lowest BCUT2D eigenvalue weighted by Crippen LogP contribution is -2.50. The second-order valence-corrected chi connectivity index (χ2v) is 6.79. The maximum Gasteiger partial charge on any atom is 0.125 e. The molecule has 3 unspecified atom stereocenters. The highest BCUT2D eigenvalue weighted by molar-refractivity contribution is 5.83. The van der Waals surface area contributed by atoms with Gasteiger partial charge in [0, 0.05) is 36.2 Å². The smallest absolute Gasteiger partial charge is 0.125 e. The SMILES string of the molecule is CCC1CC2C=CC1N(CCc1c[nH]c3cc(F)ccc13)C2. The Bertz CT molecular complexity index is 703. The minimum absolute atomic E-state index is 0.176. The zero-order chi connectivity index (χ0) is 15.1. The summed E-state index contributed by atoms with van der Waals surface area (Å²) in [5, 5.41) is 1.16. The van der Waals surface area contributed by atoms with Crippen LogP contribution in [0.3, 0.4) is 0 Å². The fourth-order valence-corrected chi connectivity index (χ4v) is 4.29. The third-order valence-electron chi connectivity index (χ3n) is 5.48. The van der Waals surface area contributed by atoms with E-state index in [0.29, 0.717) is 6.04 Å². The van der Waals surface area contributed by atoms with Crippen LogP contribution >= 0.6 is 0 Å². The molecule has 1 aromatic heterocycles. The maximum atomic E-state index is 13.3. The van der Waals surface area contributed by atoms with Crippen molar-refractivity contribution in [2.75, 3.05) is 13.1 Å². The average Bonchev–Trinajstić information content (AvgIpc) is 2.95. The highest BCUT2D eigenvalue weighted by Gasteiger charge is 2.35. The molecule has 2 bridgehead atoms. The number of nitrogens with one attached hydrogen (secondary N) is 1. The summed E-state index contributed by atoms with van der Waals surface area (Å²) < 4.78 is 13.3. The first-order chi connectivity index (χ1) is 10.7. The predicted octanol–water partition coefficient (Wildman–Crippen LogP) is 4.14. The molecule has 1 fully saturated rings. The molecule has 116 valence electrons. The van der Waals surface area contributed by atoms with E-state index in [9.17, 15) is 4.39 Å². The van der Waals surface area contributed by atoms with E-state index in [1.807, 2.05) is 12.3 Å². The summed E-state index contributed by atoms with van der Waals surface area (Å²) in [5.41, 5.74) is 2.20. The van der Waals surface area contributed by atoms with Gasteiger partial charge in [0.1, 0.15) is 5.82 Å². The van der Waals surface area contributed by atoms with Crippen molar-refractivity contribution < 1.29 is 4.39 Å². The normalized spacial score (nSPS) is 27.8. The van der Waals surface area contributed by atoms with Crippen molar-refractivity contribution in [1.29, 1.82) is 0 Å². The van der Waals surface area contributed by atoms with Gasteiger partial charge in [-0.1, -0.05) is 25.5 Å². The average molecular weight is 298 g/mol. The Labute approximate surface area is 131 Å². The van der Waals surface area contributed by atoms with Crippen LogP contribution in [0.5, 0.6) is 0 Å². The van der Waals surface area contributed by atoms with Crippen LogP contribution in [0.4, 0.5) is 4.39 Å². The molecule has 0 radical (unpaired) electrons. The van der Waals surface area contributed by atoms with Gasteiger partial charge in [0.05, 0.1) is 0 Å². The molecule has 3 aliphatic rings. The van der Waals surface area contributed by atoms with Crippen molar-refractivity contribution in [1.82, 2.24) is 9.88 Å². The van der Waals surface area contributed by atoms with Gasteiger partial charge in [0.2, 0.25) is 0 Å². The molecule has 2 nitrogen and oxygen atoms in total. The molecule has 0 saturated carbocycles. The van der Waals surface area contributed by atoms with E-state index in [1.54, 1.807) is 12.1 Å². The van der Waals surface area contributed by atoms with E-state index >= 15 is 0 Å². The Balaban J connectivity index is 1.49. The summed E-state index contributed by atoms with van der Waals surface area (Å²) in [6, 6.07) is 5.65. The van der Waals surface area contributed by atoms with Gasteiger partial charge in [-0.25, -0.2) is 4.39 Å². The number of piperidine rings is 1. The number of hydrogen-bond donors (Lipinski definition) is 1. The Morgan fingerprint density at radius 1 is 1.32 bits per heavy atom. The lowest BCUT2D eigenvalue weighted by molar-refractivity contribution is 0.0826. The summed E-state index contributed by atoms with van der Waals surface area (Å²) in [4.78, 5) is 5.84. The predicted molar refractivity (Wildman–Crippen MR) is 88.3 cm³/mol. The first-order valence-electron chi connectivity index (χ1n) is 8.42. The molecule has 0 amide bonds. The number of nitrogens with zero attached hydrogens (tertiary/aromatic N) is 1. The zero-order valence-electron chi connectivity index (χ0n) is 13.1. The molecular formula is C19H23FN2. The Hall–Kier alpha value is -1.61. The van der Waals surface area contributed by atoms with Gasteiger partial charge in [0.25, 0.3) is 0 Å². The standard InChI is InChI=1S/C19H23FN2/c1-2-14-9-13-3-6-19(14)22(12-13)8-7-15-11-21-18-10-16(20)4-5-17(15)18/h3-6,10-11,13-14,19,21H,2,7-9,12H2,1H3. The van der Waals surface area contributed by atoms with Crippen LogP contribution in [0, 0.1) is 17.7 Å². The monoisotopic (exact) mass is 298 g/mol. The minimum Gasteiger partial charge on any atom is -0.361 e. The van der Waals surface area contributed by atoms with Crippen LogP contribution in [0.2, 0.25) is 0 Å². The molecule has 3 heterocycles. The number of hydrogen-bond acceptors (Lipinski definition) is 1. The van der Waals surface area contributed by atoms with Crippen LogP contribution < -0.4 is 0 Å². The minimum atomic E-state index is -0.176. The van der Waals surface area contributed by atoms with Crippen LogP contribution in [0.15, 0.2) is 36.5 Å². The van der Waals surface area contributed by atoms with Gasteiger partial charge in [-0.3, -0.25) is 4.90 Å². The van der Waals surface area contributed by atoms with Crippen LogP contribution in [-0.4, -0.2) is 29.0 Å². The van der Waals surface area contributed by atoms with Crippen molar-refractivity contribution in [3.05, 3.63) is 47.9 Å². The summed E-state index contributed by atoms with van der Waals surface area (Å²) in [6.07, 6.45) is 10.5. The number of fused-ring (bicyclic) bond motifs is 3. The second kappa shape index (κ2) is 5.54. The topological polar surface area (TPSA) is 19.0 Å². The molecule has 0 spiro atoms. The summed E-state index contributed by atoms with van der Waals surface area (Å²) in [7, 11) is 0. The lowest BCUT2D eigenvalue weighted by atomic mass is 9.76. The third-order valence-corrected chi connectivity index (χ3v) is 5.48. The second-order valence-electron chi connectivity index (χ2n) is 6.79. The summed E-state index contributed by atoms with van der Waals surface area (Å²) in [6.45, 7) is 4.60. The van der Waals surface area contributed by atoms with E-state index in [1.165, 1.54) is 24.9 Å². The van der Waals surface area contributed by atoms with Crippen molar-refractivity contribution in [3.8, 4) is 0 Å². The van der Waals surface area contributed by atoms with Gasteiger partial charge in [-0.05, 0) is 48.4 Å². The molecule has 1 aromatic carbocycles.